The van der Waals surface area contributed by atoms with Gasteiger partial charge >= 0.3 is 0 Å². The molecule has 0 saturated carbocycles. The molecule has 0 atom stereocenters. The fourth-order valence-electron chi connectivity index (χ4n) is 2.79. The molecule has 8 nitrogen and oxygen atoms in total. The minimum atomic E-state index is -0.0583. The van der Waals surface area contributed by atoms with Gasteiger partial charge in [0.25, 0.3) is 5.91 Å². The Hall–Kier alpha value is -2.77. The molecular formula is C14H14N6O2. The lowest BCUT2D eigenvalue weighted by molar-refractivity contribution is 0.0705. The van der Waals surface area contributed by atoms with E-state index in [0.29, 0.717) is 24.6 Å². The highest BCUT2D eigenvalue weighted by molar-refractivity contribution is 5.92. The van der Waals surface area contributed by atoms with Crippen molar-refractivity contribution in [3.05, 3.63) is 42.6 Å². The van der Waals surface area contributed by atoms with E-state index >= 15 is 0 Å². The van der Waals surface area contributed by atoms with E-state index in [1.807, 2.05) is 11.1 Å². The molecule has 22 heavy (non-hydrogen) atoms. The second kappa shape index (κ2) is 5.21. The standard InChI is InChI=1S/C14H14N6O2/c21-13(11-8-20-5-1-4-15-14(20)17-11)19-6-2-10(3-7-19)12-16-9-22-18-12/h1,4-5,8-10H,2-3,6-7H2. The van der Waals surface area contributed by atoms with Gasteiger partial charge in [0.2, 0.25) is 12.2 Å². The number of piperidine rings is 1. The molecule has 1 amide bonds. The fraction of sp³-hybridized carbons (Fsp3) is 0.357. The molecular weight excluding hydrogens is 284 g/mol. The normalized spacial score (nSPS) is 16.3. The Morgan fingerprint density at radius 2 is 2.14 bits per heavy atom. The maximum absolute atomic E-state index is 12.5. The molecule has 3 aromatic heterocycles. The molecule has 0 aliphatic carbocycles. The molecule has 1 aliphatic rings. The van der Waals surface area contributed by atoms with Crippen molar-refractivity contribution in [3.63, 3.8) is 0 Å². The first-order chi connectivity index (χ1) is 10.8. The van der Waals surface area contributed by atoms with Crippen LogP contribution in [0.1, 0.15) is 35.1 Å². The van der Waals surface area contributed by atoms with Crippen LogP contribution >= 0.6 is 0 Å². The van der Waals surface area contributed by atoms with Crippen molar-refractivity contribution in [1.82, 2.24) is 29.4 Å². The van der Waals surface area contributed by atoms with Crippen LogP contribution in [0.5, 0.6) is 0 Å². The Labute approximate surface area is 125 Å². The van der Waals surface area contributed by atoms with Crippen LogP contribution < -0.4 is 0 Å². The van der Waals surface area contributed by atoms with Gasteiger partial charge in [0.1, 0.15) is 5.69 Å². The lowest BCUT2D eigenvalue weighted by Crippen LogP contribution is -2.38. The second-order valence-electron chi connectivity index (χ2n) is 5.31. The monoisotopic (exact) mass is 298 g/mol. The molecule has 4 heterocycles. The van der Waals surface area contributed by atoms with Crippen molar-refractivity contribution in [2.24, 2.45) is 0 Å². The van der Waals surface area contributed by atoms with E-state index < -0.39 is 0 Å². The zero-order valence-corrected chi connectivity index (χ0v) is 11.8. The Morgan fingerprint density at radius 3 is 2.86 bits per heavy atom. The van der Waals surface area contributed by atoms with Gasteiger partial charge in [0.15, 0.2) is 5.82 Å². The molecule has 1 saturated heterocycles. The van der Waals surface area contributed by atoms with Crippen molar-refractivity contribution >= 4 is 11.7 Å². The number of fused-ring (bicyclic) bond motifs is 1. The van der Waals surface area contributed by atoms with Crippen LogP contribution in [0.15, 0.2) is 35.6 Å². The Bertz CT molecular complexity index is 756. The third-order valence-electron chi connectivity index (χ3n) is 3.98. The highest BCUT2D eigenvalue weighted by Crippen LogP contribution is 2.26. The number of nitrogens with zero attached hydrogens (tertiary/aromatic N) is 6. The maximum Gasteiger partial charge on any atom is 0.274 e. The van der Waals surface area contributed by atoms with E-state index in [1.54, 1.807) is 22.9 Å². The minimum absolute atomic E-state index is 0.0583. The fourth-order valence-corrected chi connectivity index (χ4v) is 2.79. The lowest BCUT2D eigenvalue weighted by Gasteiger charge is -2.30. The van der Waals surface area contributed by atoms with Gasteiger partial charge < -0.3 is 9.42 Å². The number of amides is 1. The minimum Gasteiger partial charge on any atom is -0.343 e. The Morgan fingerprint density at radius 1 is 1.27 bits per heavy atom. The number of imidazole rings is 1. The number of hydrogen-bond acceptors (Lipinski definition) is 6. The predicted molar refractivity (Wildman–Crippen MR) is 75.2 cm³/mol. The summed E-state index contributed by atoms with van der Waals surface area (Å²) in [4.78, 5) is 26.9. The summed E-state index contributed by atoms with van der Waals surface area (Å²) in [5, 5.41) is 3.88. The summed E-state index contributed by atoms with van der Waals surface area (Å²) < 4.78 is 6.53. The van der Waals surface area contributed by atoms with Crippen LogP contribution in [0.25, 0.3) is 5.78 Å². The Kier molecular flexibility index (Phi) is 3.06. The summed E-state index contributed by atoms with van der Waals surface area (Å²) >= 11 is 0. The first-order valence-corrected chi connectivity index (χ1v) is 7.16. The molecule has 0 aromatic carbocycles. The zero-order chi connectivity index (χ0) is 14.9. The van der Waals surface area contributed by atoms with Crippen LogP contribution in [-0.2, 0) is 0 Å². The highest BCUT2D eigenvalue weighted by atomic mass is 16.5. The maximum atomic E-state index is 12.5. The van der Waals surface area contributed by atoms with Gasteiger partial charge in [-0.3, -0.25) is 9.20 Å². The summed E-state index contributed by atoms with van der Waals surface area (Å²) in [5.41, 5.74) is 0.428. The number of hydrogen-bond donors (Lipinski definition) is 0. The molecule has 3 aromatic rings. The summed E-state index contributed by atoms with van der Waals surface area (Å²) in [6.45, 7) is 1.33. The topological polar surface area (TPSA) is 89.4 Å². The molecule has 0 spiro atoms. The average Bonchev–Trinajstić information content (AvgIpc) is 3.23. The van der Waals surface area contributed by atoms with E-state index in [1.165, 1.54) is 6.39 Å². The summed E-state index contributed by atoms with van der Waals surface area (Å²) in [5.74, 6) is 1.46. The third-order valence-corrected chi connectivity index (χ3v) is 3.98. The van der Waals surface area contributed by atoms with Crippen LogP contribution in [0.3, 0.4) is 0 Å². The van der Waals surface area contributed by atoms with Crippen molar-refractivity contribution in [3.8, 4) is 0 Å². The smallest absolute Gasteiger partial charge is 0.274 e. The number of carbonyl (C=O) groups excluding carboxylic acids is 1. The van der Waals surface area contributed by atoms with Gasteiger partial charge in [0, 0.05) is 37.6 Å². The molecule has 112 valence electrons. The molecule has 0 bridgehead atoms. The molecule has 0 radical (unpaired) electrons. The highest BCUT2D eigenvalue weighted by Gasteiger charge is 2.27. The quantitative estimate of drug-likeness (QED) is 0.704. The predicted octanol–water partition coefficient (Wildman–Crippen LogP) is 1.13. The van der Waals surface area contributed by atoms with E-state index in [0.717, 1.165) is 18.7 Å². The van der Waals surface area contributed by atoms with Gasteiger partial charge in [-0.25, -0.2) is 9.97 Å². The average molecular weight is 298 g/mol. The SMILES string of the molecule is O=C(c1cn2cccnc2n1)N1CCC(c2ncon2)CC1. The summed E-state index contributed by atoms with van der Waals surface area (Å²) in [6.07, 6.45) is 8.21. The number of likely N-dealkylation sites (tertiary alicyclic amines) is 1. The number of aromatic nitrogens is 5. The van der Waals surface area contributed by atoms with Crippen LogP contribution in [0, 0.1) is 0 Å². The van der Waals surface area contributed by atoms with Crippen molar-refractivity contribution in [2.75, 3.05) is 13.1 Å². The van der Waals surface area contributed by atoms with Crippen molar-refractivity contribution in [1.29, 1.82) is 0 Å². The molecule has 0 unspecified atom stereocenters. The van der Waals surface area contributed by atoms with E-state index in [2.05, 4.69) is 20.1 Å². The number of rotatable bonds is 2. The summed E-state index contributed by atoms with van der Waals surface area (Å²) in [7, 11) is 0. The van der Waals surface area contributed by atoms with Gasteiger partial charge in [-0.05, 0) is 18.9 Å². The lowest BCUT2D eigenvalue weighted by atomic mass is 9.96. The van der Waals surface area contributed by atoms with Gasteiger partial charge in [-0.1, -0.05) is 5.16 Å². The first-order valence-electron chi connectivity index (χ1n) is 7.16. The van der Waals surface area contributed by atoms with Crippen LogP contribution in [-0.4, -0.2) is 48.4 Å². The Balaban J connectivity index is 1.47. The number of carbonyl (C=O) groups is 1. The third kappa shape index (κ3) is 2.22. The largest absolute Gasteiger partial charge is 0.343 e. The zero-order valence-electron chi connectivity index (χ0n) is 11.8. The van der Waals surface area contributed by atoms with Crippen LogP contribution in [0.4, 0.5) is 0 Å². The second-order valence-corrected chi connectivity index (χ2v) is 5.31. The van der Waals surface area contributed by atoms with Gasteiger partial charge in [-0.2, -0.15) is 4.98 Å². The first kappa shape index (κ1) is 12.9. The van der Waals surface area contributed by atoms with Gasteiger partial charge in [-0.15, -0.1) is 0 Å². The molecule has 8 heteroatoms. The van der Waals surface area contributed by atoms with E-state index in [9.17, 15) is 4.79 Å². The molecule has 1 fully saturated rings. The van der Waals surface area contributed by atoms with Crippen molar-refractivity contribution < 1.29 is 9.32 Å². The van der Waals surface area contributed by atoms with Crippen molar-refractivity contribution in [2.45, 2.75) is 18.8 Å². The van der Waals surface area contributed by atoms with Gasteiger partial charge in [0.05, 0.1) is 0 Å². The van der Waals surface area contributed by atoms with E-state index in [-0.39, 0.29) is 11.8 Å². The molecule has 1 aliphatic heterocycles. The van der Waals surface area contributed by atoms with Crippen LogP contribution in [0.2, 0.25) is 0 Å². The van der Waals surface area contributed by atoms with E-state index in [4.69, 9.17) is 4.52 Å². The summed E-state index contributed by atoms with van der Waals surface area (Å²) in [6, 6.07) is 1.80. The molecule has 4 rings (SSSR count). The molecule has 0 N–H and O–H groups in total.